The smallest absolute Gasteiger partial charge is 0.427 e. The van der Waals surface area contributed by atoms with E-state index in [0.717, 1.165) is 50.8 Å². The molecule has 0 amide bonds. The van der Waals surface area contributed by atoms with Crippen LogP contribution >= 0.6 is 0 Å². The molecule has 0 heterocycles. The Balaban J connectivity index is 2.03. The highest BCUT2D eigenvalue weighted by atomic mass is 16.4. The molecule has 0 spiro atoms. The Morgan fingerprint density at radius 1 is 1.09 bits per heavy atom. The van der Waals surface area contributed by atoms with Crippen molar-refractivity contribution >= 4 is 7.12 Å². The molecule has 4 radical (unpaired) electrons. The molecular formula is C17H27BN2O2. The van der Waals surface area contributed by atoms with E-state index in [1.165, 1.54) is 0 Å². The monoisotopic (exact) mass is 302 g/mol. The number of unbranched alkanes of at least 4 members (excludes halogenated alkanes) is 1. The maximum Gasteiger partial charge on any atom is 0.451 e. The predicted molar refractivity (Wildman–Crippen MR) is 91.0 cm³/mol. The van der Waals surface area contributed by atoms with Crippen molar-refractivity contribution in [2.45, 2.75) is 51.0 Å². The average Bonchev–Trinajstić information content (AvgIpc) is 2.46. The number of rotatable bonds is 11. The van der Waals surface area contributed by atoms with Crippen LogP contribution in [0.5, 0.6) is 0 Å². The lowest BCUT2D eigenvalue weighted by atomic mass is 9.83. The molecule has 1 aromatic rings. The van der Waals surface area contributed by atoms with Gasteiger partial charge >= 0.3 is 7.12 Å². The summed E-state index contributed by atoms with van der Waals surface area (Å²) in [6.45, 7) is 13.1. The molecule has 22 heavy (non-hydrogen) atoms. The molecule has 5 N–H and O–H groups in total. The van der Waals surface area contributed by atoms with Crippen LogP contribution in [-0.2, 0) is 6.54 Å². The first-order chi connectivity index (χ1) is 10.5. The molecular weight excluding hydrogens is 275 g/mol. The zero-order valence-corrected chi connectivity index (χ0v) is 13.2. The standard InChI is InChI=1S/C17H27BN2O2/c1-14-8-9-16(12-15(14)2)13-20-11-5-7-17(19)6-3-4-10-18(21)22/h1-2,8-9,12,17,20-22H,3-7,10-11,13,19H2. The Hall–Kier alpha value is -0.875. The molecule has 0 saturated heterocycles. The number of nitrogens with two attached hydrogens (primary N) is 1. The summed E-state index contributed by atoms with van der Waals surface area (Å²) in [5.74, 6) is 0. The molecule has 0 aliphatic heterocycles. The van der Waals surface area contributed by atoms with Crippen molar-refractivity contribution in [3.63, 3.8) is 0 Å². The summed E-state index contributed by atoms with van der Waals surface area (Å²) >= 11 is 0. The predicted octanol–water partition coefficient (Wildman–Crippen LogP) is 1.65. The van der Waals surface area contributed by atoms with E-state index < -0.39 is 7.12 Å². The van der Waals surface area contributed by atoms with Gasteiger partial charge in [-0.25, -0.2) is 0 Å². The zero-order valence-electron chi connectivity index (χ0n) is 13.2. The van der Waals surface area contributed by atoms with Crippen LogP contribution in [0.4, 0.5) is 0 Å². The molecule has 1 aromatic carbocycles. The van der Waals surface area contributed by atoms with Crippen LogP contribution in [0.3, 0.4) is 0 Å². The minimum atomic E-state index is -1.19. The molecule has 5 heteroatoms. The van der Waals surface area contributed by atoms with Gasteiger partial charge in [0.05, 0.1) is 0 Å². The van der Waals surface area contributed by atoms with Gasteiger partial charge in [0.25, 0.3) is 0 Å². The summed E-state index contributed by atoms with van der Waals surface area (Å²) in [4.78, 5) is 0. The maximum atomic E-state index is 8.75. The second-order valence-corrected chi connectivity index (χ2v) is 5.81. The van der Waals surface area contributed by atoms with Gasteiger partial charge in [0.1, 0.15) is 0 Å². The van der Waals surface area contributed by atoms with Crippen LogP contribution < -0.4 is 11.1 Å². The Labute approximate surface area is 135 Å². The van der Waals surface area contributed by atoms with E-state index in [1.807, 2.05) is 18.2 Å². The number of hydrogen-bond donors (Lipinski definition) is 4. The van der Waals surface area contributed by atoms with Crippen LogP contribution in [-0.4, -0.2) is 29.8 Å². The third kappa shape index (κ3) is 8.54. The molecule has 0 aliphatic rings. The summed E-state index contributed by atoms with van der Waals surface area (Å²) in [6, 6.07) is 5.87. The first kappa shape index (κ1) is 19.2. The first-order valence-electron chi connectivity index (χ1n) is 7.95. The van der Waals surface area contributed by atoms with Gasteiger partial charge in [0.15, 0.2) is 0 Å². The average molecular weight is 302 g/mol. The van der Waals surface area contributed by atoms with Gasteiger partial charge in [-0.05, 0) is 62.7 Å². The van der Waals surface area contributed by atoms with Gasteiger partial charge in [-0.1, -0.05) is 31.0 Å². The van der Waals surface area contributed by atoms with Crippen LogP contribution in [0.15, 0.2) is 18.2 Å². The normalized spacial score (nSPS) is 12.4. The second-order valence-electron chi connectivity index (χ2n) is 5.81. The van der Waals surface area contributed by atoms with Crippen molar-refractivity contribution in [2.24, 2.45) is 5.73 Å². The highest BCUT2D eigenvalue weighted by Crippen LogP contribution is 2.10. The van der Waals surface area contributed by atoms with Crippen molar-refractivity contribution in [3.05, 3.63) is 48.7 Å². The maximum absolute atomic E-state index is 8.75. The van der Waals surface area contributed by atoms with E-state index in [1.54, 1.807) is 0 Å². The van der Waals surface area contributed by atoms with Crippen molar-refractivity contribution in [3.8, 4) is 0 Å². The number of hydrogen-bond acceptors (Lipinski definition) is 4. The lowest BCUT2D eigenvalue weighted by Crippen LogP contribution is -2.23. The first-order valence-corrected chi connectivity index (χ1v) is 7.95. The van der Waals surface area contributed by atoms with Gasteiger partial charge in [-0.2, -0.15) is 0 Å². The highest BCUT2D eigenvalue weighted by molar-refractivity contribution is 6.40. The van der Waals surface area contributed by atoms with Gasteiger partial charge in [-0.15, -0.1) is 0 Å². The van der Waals surface area contributed by atoms with E-state index in [4.69, 9.17) is 29.6 Å². The molecule has 0 bridgehead atoms. The van der Waals surface area contributed by atoms with Gasteiger partial charge in [0, 0.05) is 12.6 Å². The lowest BCUT2D eigenvalue weighted by molar-refractivity contribution is 0.400. The van der Waals surface area contributed by atoms with Gasteiger partial charge in [-0.3, -0.25) is 0 Å². The van der Waals surface area contributed by atoms with E-state index in [2.05, 4.69) is 5.32 Å². The Kier molecular flexibility index (Phi) is 9.40. The summed E-state index contributed by atoms with van der Waals surface area (Å²) in [5.41, 5.74) is 8.39. The largest absolute Gasteiger partial charge is 0.451 e. The summed E-state index contributed by atoms with van der Waals surface area (Å²) < 4.78 is 0. The van der Waals surface area contributed by atoms with Crippen molar-refractivity contribution in [1.82, 2.24) is 5.32 Å². The molecule has 0 fully saturated rings. The van der Waals surface area contributed by atoms with Crippen molar-refractivity contribution in [2.75, 3.05) is 6.54 Å². The van der Waals surface area contributed by atoms with Gasteiger partial charge in [0.2, 0.25) is 0 Å². The number of nitrogens with one attached hydrogen (secondary N) is 1. The SMILES string of the molecule is [CH]c1ccc(CNCCCC(N)CCCCB(O)O)cc1[CH]. The fourth-order valence-electron chi connectivity index (χ4n) is 2.33. The number of benzene rings is 1. The van der Waals surface area contributed by atoms with Crippen LogP contribution in [0.2, 0.25) is 6.32 Å². The Bertz CT molecular complexity index is 427. The molecule has 4 nitrogen and oxygen atoms in total. The third-order valence-electron chi connectivity index (χ3n) is 3.70. The van der Waals surface area contributed by atoms with Crippen LogP contribution in [0, 0.1) is 13.8 Å². The van der Waals surface area contributed by atoms with E-state index in [9.17, 15) is 0 Å². The van der Waals surface area contributed by atoms with E-state index in [0.29, 0.717) is 17.4 Å². The molecule has 1 unspecified atom stereocenters. The topological polar surface area (TPSA) is 78.5 Å². The Morgan fingerprint density at radius 3 is 2.50 bits per heavy atom. The second kappa shape index (κ2) is 10.8. The molecule has 1 atom stereocenters. The Morgan fingerprint density at radius 2 is 1.82 bits per heavy atom. The van der Waals surface area contributed by atoms with Crippen molar-refractivity contribution in [1.29, 1.82) is 0 Å². The minimum absolute atomic E-state index is 0.185. The fourth-order valence-corrected chi connectivity index (χ4v) is 2.33. The fraction of sp³-hybridized carbons (Fsp3) is 0.529. The molecule has 1 rings (SSSR count). The lowest BCUT2D eigenvalue weighted by Gasteiger charge is -2.12. The third-order valence-corrected chi connectivity index (χ3v) is 3.70. The quantitative estimate of drug-likeness (QED) is 0.370. The summed E-state index contributed by atoms with van der Waals surface area (Å²) in [7, 11) is -1.19. The minimum Gasteiger partial charge on any atom is -0.427 e. The molecule has 0 aromatic heterocycles. The highest BCUT2D eigenvalue weighted by Gasteiger charge is 2.07. The summed E-state index contributed by atoms with van der Waals surface area (Å²) in [5, 5.41) is 20.9. The van der Waals surface area contributed by atoms with Crippen LogP contribution in [0.25, 0.3) is 0 Å². The van der Waals surface area contributed by atoms with Gasteiger partial charge < -0.3 is 21.1 Å². The molecule has 0 aliphatic carbocycles. The van der Waals surface area contributed by atoms with Crippen LogP contribution in [0.1, 0.15) is 48.8 Å². The van der Waals surface area contributed by atoms with E-state index in [-0.39, 0.29) is 6.04 Å². The summed E-state index contributed by atoms with van der Waals surface area (Å²) in [6.07, 6.45) is 5.10. The molecule has 0 saturated carbocycles. The van der Waals surface area contributed by atoms with E-state index >= 15 is 0 Å². The zero-order chi connectivity index (χ0) is 16.4. The van der Waals surface area contributed by atoms with Crippen molar-refractivity contribution < 1.29 is 10.0 Å². The molecule has 120 valence electrons.